The number of aliphatic hydroxyl groups excluding tert-OH is 1. The van der Waals surface area contributed by atoms with Gasteiger partial charge < -0.3 is 15.3 Å². The number of anilines is 2. The maximum absolute atomic E-state index is 9.67. The number of nitrogens with zero attached hydrogens (tertiary/aromatic N) is 3. The third-order valence-electron chi connectivity index (χ3n) is 3.52. The summed E-state index contributed by atoms with van der Waals surface area (Å²) in [5.41, 5.74) is 0. The molecule has 1 aliphatic rings. The zero-order valence-corrected chi connectivity index (χ0v) is 13.0. The van der Waals surface area contributed by atoms with Crippen molar-refractivity contribution >= 4 is 27.6 Å². The molecule has 2 atom stereocenters. The fraction of sp³-hybridized carbons (Fsp3) is 0.692. The van der Waals surface area contributed by atoms with E-state index in [1.807, 2.05) is 6.92 Å². The van der Waals surface area contributed by atoms with Gasteiger partial charge in [0.2, 0.25) is 0 Å². The molecule has 19 heavy (non-hydrogen) atoms. The van der Waals surface area contributed by atoms with E-state index in [9.17, 15) is 5.11 Å². The molecule has 1 aromatic rings. The Morgan fingerprint density at radius 1 is 1.58 bits per heavy atom. The minimum atomic E-state index is -0.261. The maximum atomic E-state index is 9.67. The van der Waals surface area contributed by atoms with Gasteiger partial charge in [-0.05, 0) is 35.7 Å². The van der Waals surface area contributed by atoms with Crippen LogP contribution in [0.1, 0.15) is 26.7 Å². The van der Waals surface area contributed by atoms with Crippen LogP contribution in [0.25, 0.3) is 0 Å². The van der Waals surface area contributed by atoms with Gasteiger partial charge in [-0.15, -0.1) is 0 Å². The van der Waals surface area contributed by atoms with Crippen molar-refractivity contribution in [2.45, 2.75) is 32.8 Å². The van der Waals surface area contributed by atoms with Crippen molar-refractivity contribution in [2.75, 3.05) is 29.9 Å². The zero-order chi connectivity index (χ0) is 13.8. The molecule has 0 aromatic carbocycles. The number of hydrogen-bond acceptors (Lipinski definition) is 5. The molecule has 0 bridgehead atoms. The molecular weight excluding hydrogens is 308 g/mol. The van der Waals surface area contributed by atoms with Crippen molar-refractivity contribution in [3.63, 3.8) is 0 Å². The van der Waals surface area contributed by atoms with Crippen molar-refractivity contribution in [1.82, 2.24) is 9.97 Å². The van der Waals surface area contributed by atoms with E-state index in [1.165, 1.54) is 0 Å². The smallest absolute Gasteiger partial charge is 0.148 e. The molecule has 0 saturated carbocycles. The lowest BCUT2D eigenvalue weighted by Gasteiger charge is -2.20. The second kappa shape index (κ2) is 6.52. The van der Waals surface area contributed by atoms with Crippen molar-refractivity contribution in [2.24, 2.45) is 5.92 Å². The Balaban J connectivity index is 2.12. The first-order chi connectivity index (χ1) is 9.13. The van der Waals surface area contributed by atoms with Crippen LogP contribution in [0.2, 0.25) is 0 Å². The molecule has 2 unspecified atom stereocenters. The van der Waals surface area contributed by atoms with Crippen molar-refractivity contribution in [3.05, 3.63) is 10.8 Å². The summed E-state index contributed by atoms with van der Waals surface area (Å²) < 4.78 is 0.912. The first-order valence-electron chi connectivity index (χ1n) is 6.80. The van der Waals surface area contributed by atoms with Gasteiger partial charge in [0, 0.05) is 25.6 Å². The lowest BCUT2D eigenvalue weighted by atomic mass is 10.0. The molecule has 2 N–H and O–H groups in total. The van der Waals surface area contributed by atoms with Gasteiger partial charge in [-0.3, -0.25) is 0 Å². The Kier molecular flexibility index (Phi) is 4.99. The average Bonchev–Trinajstić information content (AvgIpc) is 2.87. The molecule has 6 heteroatoms. The van der Waals surface area contributed by atoms with Crippen LogP contribution in [-0.2, 0) is 0 Å². The van der Waals surface area contributed by atoms with E-state index in [0.717, 1.165) is 48.6 Å². The Labute approximate surface area is 122 Å². The van der Waals surface area contributed by atoms with Crippen LogP contribution >= 0.6 is 15.9 Å². The van der Waals surface area contributed by atoms with Gasteiger partial charge in [-0.2, -0.15) is 0 Å². The van der Waals surface area contributed by atoms with Gasteiger partial charge in [-0.1, -0.05) is 6.92 Å². The van der Waals surface area contributed by atoms with E-state index in [-0.39, 0.29) is 6.10 Å². The highest BCUT2D eigenvalue weighted by Crippen LogP contribution is 2.33. The summed E-state index contributed by atoms with van der Waals surface area (Å²) in [6, 6.07) is 0. The summed E-state index contributed by atoms with van der Waals surface area (Å²) in [5.74, 6) is 2.08. The van der Waals surface area contributed by atoms with Gasteiger partial charge in [-0.25, -0.2) is 9.97 Å². The number of aromatic nitrogens is 2. The highest BCUT2D eigenvalue weighted by Gasteiger charge is 2.28. The van der Waals surface area contributed by atoms with Crippen LogP contribution < -0.4 is 10.2 Å². The second-order valence-electron chi connectivity index (χ2n) is 5.02. The largest absolute Gasteiger partial charge is 0.393 e. The van der Waals surface area contributed by atoms with Crippen LogP contribution in [-0.4, -0.2) is 40.8 Å². The minimum Gasteiger partial charge on any atom is -0.393 e. The second-order valence-corrected chi connectivity index (χ2v) is 5.82. The summed E-state index contributed by atoms with van der Waals surface area (Å²) in [5, 5.41) is 13.0. The first kappa shape index (κ1) is 14.5. The van der Waals surface area contributed by atoms with Crippen molar-refractivity contribution in [3.8, 4) is 0 Å². The number of halogens is 1. The number of hydrogen-bond donors (Lipinski definition) is 2. The third-order valence-corrected chi connectivity index (χ3v) is 4.25. The normalized spacial score (nSPS) is 20.6. The predicted octanol–water partition coefficient (Wildman–Crippen LogP) is 2.27. The predicted molar refractivity (Wildman–Crippen MR) is 80.5 cm³/mol. The van der Waals surface area contributed by atoms with Crippen molar-refractivity contribution in [1.29, 1.82) is 0 Å². The van der Waals surface area contributed by atoms with Crippen LogP contribution in [0.4, 0.5) is 11.6 Å². The average molecular weight is 329 g/mol. The molecule has 1 fully saturated rings. The van der Waals surface area contributed by atoms with Crippen molar-refractivity contribution < 1.29 is 5.11 Å². The van der Waals surface area contributed by atoms with Crippen LogP contribution in [0, 0.1) is 5.92 Å². The van der Waals surface area contributed by atoms with Gasteiger partial charge in [0.15, 0.2) is 0 Å². The summed E-state index contributed by atoms with van der Waals surface area (Å²) in [4.78, 5) is 10.8. The highest BCUT2D eigenvalue weighted by atomic mass is 79.9. The standard InChI is InChI=1S/C13H21BrN4O/c1-3-5-15-12-11(14)13(17-8-16-12)18-6-4-10(7-18)9(2)19/h8-10,19H,3-7H2,1-2H3,(H,15,16,17). The molecule has 0 aliphatic carbocycles. The molecule has 2 rings (SSSR count). The summed E-state index contributed by atoms with van der Waals surface area (Å²) in [7, 11) is 0. The van der Waals surface area contributed by atoms with Gasteiger partial charge in [0.25, 0.3) is 0 Å². The van der Waals surface area contributed by atoms with Gasteiger partial charge in [0.1, 0.15) is 22.4 Å². The fourth-order valence-corrected chi connectivity index (χ4v) is 2.92. The Bertz CT molecular complexity index is 427. The number of rotatable bonds is 5. The first-order valence-corrected chi connectivity index (χ1v) is 7.60. The molecular formula is C13H21BrN4O. The lowest BCUT2D eigenvalue weighted by Crippen LogP contribution is -2.25. The number of aliphatic hydroxyl groups is 1. The molecule has 2 heterocycles. The maximum Gasteiger partial charge on any atom is 0.148 e. The third kappa shape index (κ3) is 3.36. The topological polar surface area (TPSA) is 61.3 Å². The summed E-state index contributed by atoms with van der Waals surface area (Å²) in [6.07, 6.45) is 3.39. The van der Waals surface area contributed by atoms with Gasteiger partial charge >= 0.3 is 0 Å². The van der Waals surface area contributed by atoms with Gasteiger partial charge in [0.05, 0.1) is 6.10 Å². The van der Waals surface area contributed by atoms with E-state index in [1.54, 1.807) is 6.33 Å². The zero-order valence-electron chi connectivity index (χ0n) is 11.4. The molecule has 1 aliphatic heterocycles. The molecule has 106 valence electrons. The highest BCUT2D eigenvalue weighted by molar-refractivity contribution is 9.10. The molecule has 5 nitrogen and oxygen atoms in total. The SMILES string of the molecule is CCCNc1ncnc(N2CCC(C(C)O)C2)c1Br. The van der Waals surface area contributed by atoms with E-state index >= 15 is 0 Å². The van der Waals surface area contributed by atoms with E-state index in [4.69, 9.17) is 0 Å². The van der Waals surface area contributed by atoms with E-state index in [0.29, 0.717) is 5.92 Å². The monoisotopic (exact) mass is 328 g/mol. The van der Waals surface area contributed by atoms with Crippen LogP contribution in [0.3, 0.4) is 0 Å². The van der Waals surface area contributed by atoms with Crippen LogP contribution in [0.15, 0.2) is 10.8 Å². The fourth-order valence-electron chi connectivity index (χ4n) is 2.32. The lowest BCUT2D eigenvalue weighted by molar-refractivity contribution is 0.136. The van der Waals surface area contributed by atoms with E-state index < -0.39 is 0 Å². The van der Waals surface area contributed by atoms with E-state index in [2.05, 4.69) is 43.0 Å². The summed E-state index contributed by atoms with van der Waals surface area (Å²) >= 11 is 3.59. The molecule has 1 aromatic heterocycles. The molecule has 0 amide bonds. The molecule has 0 spiro atoms. The van der Waals surface area contributed by atoms with Crippen LogP contribution in [0.5, 0.6) is 0 Å². The molecule has 0 radical (unpaired) electrons. The Morgan fingerprint density at radius 2 is 2.37 bits per heavy atom. The Morgan fingerprint density at radius 3 is 3.00 bits per heavy atom. The number of nitrogens with one attached hydrogen (secondary N) is 1. The Hall–Kier alpha value is -0.880. The summed E-state index contributed by atoms with van der Waals surface area (Å²) in [6.45, 7) is 6.65. The minimum absolute atomic E-state index is 0.261. The quantitative estimate of drug-likeness (QED) is 0.868. The molecule has 1 saturated heterocycles.